The lowest BCUT2D eigenvalue weighted by Crippen LogP contribution is -2.07. The number of hydrogen-bond donors (Lipinski definition) is 2. The SMILES string of the molecule is Cc1ccc(C(F)(F)F)cc1Nc1ncc(N)cc1C#N. The molecule has 0 saturated carbocycles. The molecule has 0 aliphatic rings. The van der Waals surface area contributed by atoms with Crippen molar-refractivity contribution in [2.75, 3.05) is 11.1 Å². The normalized spacial score (nSPS) is 11.0. The minimum Gasteiger partial charge on any atom is -0.397 e. The van der Waals surface area contributed by atoms with Gasteiger partial charge in [-0.15, -0.1) is 0 Å². The third-order valence-electron chi connectivity index (χ3n) is 2.85. The highest BCUT2D eigenvalue weighted by molar-refractivity contribution is 5.67. The molecule has 0 unspecified atom stereocenters. The first kappa shape index (κ1) is 14.7. The number of aromatic nitrogens is 1. The van der Waals surface area contributed by atoms with Crippen LogP contribution >= 0.6 is 0 Å². The van der Waals surface area contributed by atoms with Crippen LogP contribution in [-0.4, -0.2) is 4.98 Å². The van der Waals surface area contributed by atoms with E-state index in [0.29, 0.717) is 11.3 Å². The van der Waals surface area contributed by atoms with Gasteiger partial charge in [0.2, 0.25) is 0 Å². The minimum atomic E-state index is -4.43. The standard InChI is InChI=1S/C14H11F3N4/c1-8-2-3-10(14(15,16)17)5-12(8)21-13-9(6-18)4-11(19)7-20-13/h2-5,7H,19H2,1H3,(H,20,21). The summed E-state index contributed by atoms with van der Waals surface area (Å²) in [5.41, 5.74) is 6.04. The van der Waals surface area contributed by atoms with Crippen LogP contribution in [0.25, 0.3) is 0 Å². The summed E-state index contributed by atoms with van der Waals surface area (Å²) in [4.78, 5) is 3.94. The summed E-state index contributed by atoms with van der Waals surface area (Å²) in [5, 5.41) is 11.8. The molecule has 0 saturated heterocycles. The summed E-state index contributed by atoms with van der Waals surface area (Å²) >= 11 is 0. The molecule has 0 aliphatic heterocycles. The van der Waals surface area contributed by atoms with Gasteiger partial charge in [0.05, 0.1) is 23.0 Å². The van der Waals surface area contributed by atoms with Crippen molar-refractivity contribution in [1.82, 2.24) is 4.98 Å². The highest BCUT2D eigenvalue weighted by Crippen LogP contribution is 2.33. The number of hydrogen-bond acceptors (Lipinski definition) is 4. The molecule has 7 heteroatoms. The first-order chi connectivity index (χ1) is 9.81. The van der Waals surface area contributed by atoms with Crippen LogP contribution in [0.5, 0.6) is 0 Å². The monoisotopic (exact) mass is 292 g/mol. The van der Waals surface area contributed by atoms with Crippen LogP contribution in [0.3, 0.4) is 0 Å². The van der Waals surface area contributed by atoms with Gasteiger partial charge < -0.3 is 11.1 Å². The number of nitrogen functional groups attached to an aromatic ring is 1. The lowest BCUT2D eigenvalue weighted by Gasteiger charge is -2.13. The summed E-state index contributed by atoms with van der Waals surface area (Å²) in [6.45, 7) is 1.66. The number of nitrogens with two attached hydrogens (primary N) is 1. The van der Waals surface area contributed by atoms with Crippen molar-refractivity contribution in [1.29, 1.82) is 5.26 Å². The number of aryl methyl sites for hydroxylation is 1. The molecule has 0 spiro atoms. The summed E-state index contributed by atoms with van der Waals surface area (Å²) in [5.74, 6) is 0.161. The molecule has 3 N–H and O–H groups in total. The second-order valence-corrected chi connectivity index (χ2v) is 4.43. The molecule has 0 bridgehead atoms. The van der Waals surface area contributed by atoms with Crippen LogP contribution < -0.4 is 11.1 Å². The molecule has 1 heterocycles. The lowest BCUT2D eigenvalue weighted by atomic mass is 10.1. The van der Waals surface area contributed by atoms with Crippen molar-refractivity contribution in [2.24, 2.45) is 0 Å². The van der Waals surface area contributed by atoms with E-state index in [-0.39, 0.29) is 17.1 Å². The quantitative estimate of drug-likeness (QED) is 0.886. The van der Waals surface area contributed by atoms with Crippen molar-refractivity contribution in [2.45, 2.75) is 13.1 Å². The highest BCUT2D eigenvalue weighted by Gasteiger charge is 2.30. The van der Waals surface area contributed by atoms with Gasteiger partial charge in [0.25, 0.3) is 0 Å². The Morgan fingerprint density at radius 3 is 2.62 bits per heavy atom. The fourth-order valence-corrected chi connectivity index (χ4v) is 1.73. The Bertz CT molecular complexity index is 717. The number of nitrogens with zero attached hydrogens (tertiary/aromatic N) is 2. The Hall–Kier alpha value is -2.75. The predicted octanol–water partition coefficient (Wildman–Crippen LogP) is 3.61. The van der Waals surface area contributed by atoms with Crippen LogP contribution in [0.1, 0.15) is 16.7 Å². The predicted molar refractivity (Wildman–Crippen MR) is 72.8 cm³/mol. The zero-order valence-corrected chi connectivity index (χ0v) is 11.0. The molecule has 21 heavy (non-hydrogen) atoms. The van der Waals surface area contributed by atoms with Gasteiger partial charge in [-0.2, -0.15) is 18.4 Å². The van der Waals surface area contributed by atoms with E-state index in [4.69, 9.17) is 11.0 Å². The topological polar surface area (TPSA) is 74.7 Å². The first-order valence-corrected chi connectivity index (χ1v) is 5.92. The van der Waals surface area contributed by atoms with Crippen molar-refractivity contribution >= 4 is 17.2 Å². The zero-order chi connectivity index (χ0) is 15.6. The third kappa shape index (κ3) is 3.23. The van der Waals surface area contributed by atoms with Crippen molar-refractivity contribution in [3.05, 3.63) is 47.2 Å². The molecule has 2 aromatic rings. The molecule has 0 radical (unpaired) electrons. The minimum absolute atomic E-state index is 0.159. The maximum atomic E-state index is 12.7. The van der Waals surface area contributed by atoms with Crippen LogP contribution in [0, 0.1) is 18.3 Å². The molecule has 4 nitrogen and oxygen atoms in total. The van der Waals surface area contributed by atoms with Crippen molar-refractivity contribution < 1.29 is 13.2 Å². The molecule has 1 aromatic heterocycles. The van der Waals surface area contributed by atoms with E-state index < -0.39 is 11.7 Å². The van der Waals surface area contributed by atoms with Gasteiger partial charge in [-0.1, -0.05) is 6.07 Å². The Morgan fingerprint density at radius 1 is 1.29 bits per heavy atom. The highest BCUT2D eigenvalue weighted by atomic mass is 19.4. The van der Waals surface area contributed by atoms with Gasteiger partial charge >= 0.3 is 6.18 Å². The third-order valence-corrected chi connectivity index (χ3v) is 2.85. The van der Waals surface area contributed by atoms with E-state index in [0.717, 1.165) is 12.1 Å². The van der Waals surface area contributed by atoms with Gasteiger partial charge in [0.1, 0.15) is 11.9 Å². The Balaban J connectivity index is 2.43. The van der Waals surface area contributed by atoms with Crippen molar-refractivity contribution in [3.8, 4) is 6.07 Å². The second-order valence-electron chi connectivity index (χ2n) is 4.43. The van der Waals surface area contributed by atoms with E-state index in [1.54, 1.807) is 6.92 Å². The van der Waals surface area contributed by atoms with E-state index in [1.165, 1.54) is 18.3 Å². The van der Waals surface area contributed by atoms with Crippen LogP contribution in [0.2, 0.25) is 0 Å². The molecular weight excluding hydrogens is 281 g/mol. The fraction of sp³-hybridized carbons (Fsp3) is 0.143. The first-order valence-electron chi connectivity index (χ1n) is 5.92. The van der Waals surface area contributed by atoms with Gasteiger partial charge in [-0.25, -0.2) is 4.98 Å². The number of pyridine rings is 1. The molecule has 2 rings (SSSR count). The van der Waals surface area contributed by atoms with E-state index in [9.17, 15) is 13.2 Å². The summed E-state index contributed by atoms with van der Waals surface area (Å²) in [7, 11) is 0. The maximum absolute atomic E-state index is 12.7. The fourth-order valence-electron chi connectivity index (χ4n) is 1.73. The Kier molecular flexibility index (Phi) is 3.72. The van der Waals surface area contributed by atoms with Gasteiger partial charge in [-0.3, -0.25) is 0 Å². The lowest BCUT2D eigenvalue weighted by molar-refractivity contribution is -0.137. The molecule has 0 fully saturated rings. The van der Waals surface area contributed by atoms with Gasteiger partial charge in [-0.05, 0) is 30.7 Å². The summed E-state index contributed by atoms with van der Waals surface area (Å²) < 4.78 is 38.2. The second kappa shape index (κ2) is 5.32. The molecule has 1 aromatic carbocycles. The number of nitrogens with one attached hydrogen (secondary N) is 1. The van der Waals surface area contributed by atoms with E-state index in [1.807, 2.05) is 6.07 Å². The molecule has 108 valence electrons. The smallest absolute Gasteiger partial charge is 0.397 e. The maximum Gasteiger partial charge on any atom is 0.416 e. The number of rotatable bonds is 2. The zero-order valence-electron chi connectivity index (χ0n) is 11.0. The number of nitriles is 1. The van der Waals surface area contributed by atoms with E-state index in [2.05, 4.69) is 10.3 Å². The van der Waals surface area contributed by atoms with Crippen LogP contribution in [-0.2, 0) is 6.18 Å². The number of benzene rings is 1. The van der Waals surface area contributed by atoms with Crippen molar-refractivity contribution in [3.63, 3.8) is 0 Å². The number of anilines is 3. The number of halogens is 3. The van der Waals surface area contributed by atoms with Crippen LogP contribution in [0.15, 0.2) is 30.5 Å². The largest absolute Gasteiger partial charge is 0.416 e. The van der Waals surface area contributed by atoms with Gasteiger partial charge in [0.15, 0.2) is 0 Å². The summed E-state index contributed by atoms with van der Waals surface area (Å²) in [6.07, 6.45) is -3.11. The Labute approximate surface area is 119 Å². The molecular formula is C14H11F3N4. The molecule has 0 aliphatic carbocycles. The number of alkyl halides is 3. The average Bonchev–Trinajstić information content (AvgIpc) is 2.41. The molecule has 0 atom stereocenters. The molecule has 0 amide bonds. The average molecular weight is 292 g/mol. The van der Waals surface area contributed by atoms with Gasteiger partial charge in [0, 0.05) is 5.69 Å². The summed E-state index contributed by atoms with van der Waals surface area (Å²) in [6, 6.07) is 6.63. The Morgan fingerprint density at radius 2 is 2.00 bits per heavy atom. The van der Waals surface area contributed by atoms with E-state index >= 15 is 0 Å². The van der Waals surface area contributed by atoms with Crippen LogP contribution in [0.4, 0.5) is 30.4 Å².